The van der Waals surface area contributed by atoms with E-state index in [4.69, 9.17) is 4.74 Å². The van der Waals surface area contributed by atoms with Gasteiger partial charge in [0.2, 0.25) is 0 Å². The minimum absolute atomic E-state index is 0.0889. The lowest BCUT2D eigenvalue weighted by Crippen LogP contribution is -2.53. The molecule has 2 saturated heterocycles. The van der Waals surface area contributed by atoms with E-state index in [-0.39, 0.29) is 17.7 Å². The smallest absolute Gasteiger partial charge is 0.151 e. The lowest BCUT2D eigenvalue weighted by atomic mass is 10.1. The first-order valence-corrected chi connectivity index (χ1v) is 8.92. The molecule has 0 bridgehead atoms. The summed E-state index contributed by atoms with van der Waals surface area (Å²) < 4.78 is 28.6. The molecule has 2 fully saturated rings. The molecule has 6 heteroatoms. The van der Waals surface area contributed by atoms with E-state index in [1.54, 1.807) is 0 Å². The second kappa shape index (κ2) is 5.68. The van der Waals surface area contributed by atoms with Crippen molar-refractivity contribution >= 4 is 9.84 Å². The maximum Gasteiger partial charge on any atom is 0.151 e. The molecular weight excluding hydrogens is 264 g/mol. The Hall–Kier alpha value is -0.170. The molecule has 1 N–H and O–H groups in total. The monoisotopic (exact) mass is 290 g/mol. The number of nitrogens with zero attached hydrogens (tertiary/aromatic N) is 1. The quantitative estimate of drug-likeness (QED) is 0.805. The Bertz CT molecular complexity index is 408. The summed E-state index contributed by atoms with van der Waals surface area (Å²) in [7, 11) is -2.77. The van der Waals surface area contributed by atoms with Crippen LogP contribution in [0, 0.1) is 0 Å². The Labute approximate surface area is 116 Å². The van der Waals surface area contributed by atoms with Crippen molar-refractivity contribution in [1.29, 1.82) is 0 Å². The highest BCUT2D eigenvalue weighted by atomic mass is 32.2. The number of hydrogen-bond acceptors (Lipinski definition) is 5. The maximum absolute atomic E-state index is 11.4. The number of ether oxygens (including phenoxy) is 1. The van der Waals surface area contributed by atoms with Gasteiger partial charge in [0.05, 0.1) is 23.2 Å². The van der Waals surface area contributed by atoms with E-state index >= 15 is 0 Å². The zero-order chi connectivity index (χ0) is 14.1. The Morgan fingerprint density at radius 3 is 2.74 bits per heavy atom. The summed E-state index contributed by atoms with van der Waals surface area (Å²) >= 11 is 0. The number of rotatable bonds is 4. The van der Waals surface area contributed by atoms with E-state index in [0.29, 0.717) is 11.5 Å². The van der Waals surface area contributed by atoms with Crippen LogP contribution in [0.5, 0.6) is 0 Å². The van der Waals surface area contributed by atoms with E-state index in [1.807, 2.05) is 0 Å². The normalized spacial score (nSPS) is 34.5. The standard InChI is InChI=1S/C13H26N2O3S/c1-11-8-15(10-13(2,3)18-11)6-5-14-12-4-7-19(16,17)9-12/h11-12,14H,4-10H2,1-3H3. The summed E-state index contributed by atoms with van der Waals surface area (Å²) in [5.41, 5.74) is -0.0889. The fourth-order valence-corrected chi connectivity index (χ4v) is 4.85. The van der Waals surface area contributed by atoms with Crippen LogP contribution >= 0.6 is 0 Å². The summed E-state index contributed by atoms with van der Waals surface area (Å²) in [5.74, 6) is 0.643. The number of sulfone groups is 1. The molecule has 2 unspecified atom stereocenters. The Balaban J connectivity index is 1.71. The van der Waals surface area contributed by atoms with E-state index < -0.39 is 9.84 Å². The average Bonchev–Trinajstić information content (AvgIpc) is 2.55. The lowest BCUT2D eigenvalue weighted by molar-refractivity contribution is -0.128. The van der Waals surface area contributed by atoms with Crippen LogP contribution in [0.1, 0.15) is 27.2 Å². The summed E-state index contributed by atoms with van der Waals surface area (Å²) in [6.45, 7) is 10.0. The van der Waals surface area contributed by atoms with Crippen LogP contribution in [-0.2, 0) is 14.6 Å². The fourth-order valence-electron chi connectivity index (χ4n) is 3.14. The Morgan fingerprint density at radius 2 is 2.16 bits per heavy atom. The molecule has 0 amide bonds. The van der Waals surface area contributed by atoms with Gasteiger partial charge in [0, 0.05) is 32.2 Å². The Morgan fingerprint density at radius 1 is 1.42 bits per heavy atom. The third-order valence-electron chi connectivity index (χ3n) is 3.73. The van der Waals surface area contributed by atoms with Gasteiger partial charge in [0.25, 0.3) is 0 Å². The minimum Gasteiger partial charge on any atom is -0.370 e. The second-order valence-electron chi connectivity index (χ2n) is 6.48. The minimum atomic E-state index is -2.77. The predicted molar refractivity (Wildman–Crippen MR) is 76.1 cm³/mol. The third kappa shape index (κ3) is 4.70. The first-order chi connectivity index (χ1) is 8.76. The van der Waals surface area contributed by atoms with Gasteiger partial charge in [0.1, 0.15) is 0 Å². The van der Waals surface area contributed by atoms with Crippen LogP contribution in [0.25, 0.3) is 0 Å². The van der Waals surface area contributed by atoms with Crippen LogP contribution in [0.15, 0.2) is 0 Å². The predicted octanol–water partition coefficient (Wildman–Crippen LogP) is 0.262. The van der Waals surface area contributed by atoms with Gasteiger partial charge in [-0.05, 0) is 27.2 Å². The number of nitrogens with one attached hydrogen (secondary N) is 1. The molecule has 0 spiro atoms. The van der Waals surface area contributed by atoms with Crippen molar-refractivity contribution in [2.24, 2.45) is 0 Å². The molecule has 0 radical (unpaired) electrons. The van der Waals surface area contributed by atoms with E-state index in [1.165, 1.54) is 0 Å². The SMILES string of the molecule is CC1CN(CCNC2CCS(=O)(=O)C2)CC(C)(C)O1. The van der Waals surface area contributed by atoms with Gasteiger partial charge < -0.3 is 10.1 Å². The molecule has 2 aliphatic rings. The summed E-state index contributed by atoms with van der Waals surface area (Å²) in [6, 6.07) is 0.150. The first-order valence-electron chi connectivity index (χ1n) is 7.10. The molecule has 0 aromatic heterocycles. The van der Waals surface area contributed by atoms with Crippen molar-refractivity contribution in [3.8, 4) is 0 Å². The molecule has 5 nitrogen and oxygen atoms in total. The third-order valence-corrected chi connectivity index (χ3v) is 5.50. The highest BCUT2D eigenvalue weighted by Gasteiger charge is 2.31. The van der Waals surface area contributed by atoms with Gasteiger partial charge in [-0.25, -0.2) is 8.42 Å². The van der Waals surface area contributed by atoms with Crippen LogP contribution in [0.3, 0.4) is 0 Å². The van der Waals surface area contributed by atoms with Crippen LogP contribution in [-0.4, -0.2) is 68.7 Å². The van der Waals surface area contributed by atoms with E-state index in [9.17, 15) is 8.42 Å². The van der Waals surface area contributed by atoms with Gasteiger partial charge in [-0.15, -0.1) is 0 Å². The Kier molecular flexibility index (Phi) is 4.55. The van der Waals surface area contributed by atoms with Crippen molar-refractivity contribution in [3.05, 3.63) is 0 Å². The molecule has 19 heavy (non-hydrogen) atoms. The van der Waals surface area contributed by atoms with Crippen molar-refractivity contribution in [3.63, 3.8) is 0 Å². The van der Waals surface area contributed by atoms with Gasteiger partial charge >= 0.3 is 0 Å². The molecule has 0 aliphatic carbocycles. The molecule has 2 atom stereocenters. The topological polar surface area (TPSA) is 58.6 Å². The number of morpholine rings is 1. The highest BCUT2D eigenvalue weighted by Crippen LogP contribution is 2.20. The largest absolute Gasteiger partial charge is 0.370 e. The molecule has 0 aromatic carbocycles. The van der Waals surface area contributed by atoms with Gasteiger partial charge in [-0.1, -0.05) is 0 Å². The molecule has 0 saturated carbocycles. The van der Waals surface area contributed by atoms with E-state index in [2.05, 4.69) is 31.0 Å². The molecular formula is C13H26N2O3S. The summed E-state index contributed by atoms with van der Waals surface area (Å²) in [6.07, 6.45) is 1.02. The van der Waals surface area contributed by atoms with Crippen molar-refractivity contribution < 1.29 is 13.2 Å². The summed E-state index contributed by atoms with van der Waals surface area (Å²) in [5, 5.41) is 3.37. The van der Waals surface area contributed by atoms with Crippen LogP contribution in [0.2, 0.25) is 0 Å². The van der Waals surface area contributed by atoms with Crippen molar-refractivity contribution in [2.75, 3.05) is 37.7 Å². The summed E-state index contributed by atoms with van der Waals surface area (Å²) in [4.78, 5) is 2.39. The van der Waals surface area contributed by atoms with Gasteiger partial charge in [-0.2, -0.15) is 0 Å². The lowest BCUT2D eigenvalue weighted by Gasteiger charge is -2.41. The van der Waals surface area contributed by atoms with Crippen molar-refractivity contribution in [2.45, 2.75) is 44.9 Å². The highest BCUT2D eigenvalue weighted by molar-refractivity contribution is 7.91. The van der Waals surface area contributed by atoms with Gasteiger partial charge in [-0.3, -0.25) is 4.90 Å². The fraction of sp³-hybridized carbons (Fsp3) is 1.00. The molecule has 112 valence electrons. The zero-order valence-corrected chi connectivity index (χ0v) is 13.0. The molecule has 2 rings (SSSR count). The second-order valence-corrected chi connectivity index (χ2v) is 8.71. The van der Waals surface area contributed by atoms with E-state index in [0.717, 1.165) is 32.6 Å². The first kappa shape index (κ1) is 15.2. The number of hydrogen-bond donors (Lipinski definition) is 1. The van der Waals surface area contributed by atoms with Crippen LogP contribution in [0.4, 0.5) is 0 Å². The average molecular weight is 290 g/mol. The molecule has 2 heterocycles. The zero-order valence-electron chi connectivity index (χ0n) is 12.2. The van der Waals surface area contributed by atoms with Crippen molar-refractivity contribution in [1.82, 2.24) is 10.2 Å². The van der Waals surface area contributed by atoms with Gasteiger partial charge in [0.15, 0.2) is 9.84 Å². The molecule has 2 aliphatic heterocycles. The van der Waals surface area contributed by atoms with Crippen LogP contribution < -0.4 is 5.32 Å². The molecule has 0 aromatic rings. The maximum atomic E-state index is 11.4.